The topological polar surface area (TPSA) is 18.5 Å². The van der Waals surface area contributed by atoms with Gasteiger partial charge in [0.05, 0.1) is 12.2 Å². The summed E-state index contributed by atoms with van der Waals surface area (Å²) in [5.41, 5.74) is 2.68. The van der Waals surface area contributed by atoms with Gasteiger partial charge in [-0.1, -0.05) is 64.1 Å². The Balaban J connectivity index is 2.50. The van der Waals surface area contributed by atoms with Gasteiger partial charge in [0, 0.05) is 12.0 Å². The van der Waals surface area contributed by atoms with E-state index in [4.69, 9.17) is 8.85 Å². The maximum Gasteiger partial charge on any atom is 0.207 e. The minimum Gasteiger partial charge on any atom is -0.414 e. The summed E-state index contributed by atoms with van der Waals surface area (Å²) < 4.78 is 13.7. The lowest BCUT2D eigenvalue weighted by Crippen LogP contribution is -2.58. The van der Waals surface area contributed by atoms with Crippen molar-refractivity contribution in [2.24, 2.45) is 0 Å². The van der Waals surface area contributed by atoms with Gasteiger partial charge in [0.2, 0.25) is 8.32 Å². The molecule has 0 saturated carbocycles. The summed E-state index contributed by atoms with van der Waals surface area (Å²) >= 11 is 0. The predicted octanol–water partition coefficient (Wildman–Crippen LogP) is 6.69. The second kappa shape index (κ2) is 7.91. The molecule has 0 unspecified atom stereocenters. The number of benzene rings is 1. The van der Waals surface area contributed by atoms with Crippen molar-refractivity contribution in [3.63, 3.8) is 0 Å². The van der Waals surface area contributed by atoms with Crippen LogP contribution in [0, 0.1) is 0 Å². The molecular weight excluding hydrogens is 340 g/mol. The van der Waals surface area contributed by atoms with E-state index in [1.54, 1.807) is 0 Å². The molecule has 1 aliphatic heterocycles. The number of rotatable bonds is 6. The largest absolute Gasteiger partial charge is 0.414 e. The Labute approximate surface area is 156 Å². The van der Waals surface area contributed by atoms with E-state index in [1.807, 2.05) is 0 Å². The van der Waals surface area contributed by atoms with Crippen LogP contribution < -0.4 is 0 Å². The summed E-state index contributed by atoms with van der Waals surface area (Å²) in [5, 5.41) is 0. The van der Waals surface area contributed by atoms with Gasteiger partial charge >= 0.3 is 0 Å². The predicted molar refractivity (Wildman–Crippen MR) is 113 cm³/mol. The molecule has 1 aromatic rings. The van der Waals surface area contributed by atoms with E-state index in [-0.39, 0.29) is 12.2 Å². The first kappa shape index (κ1) is 20.6. The first-order valence-electron chi connectivity index (χ1n) is 9.65. The van der Waals surface area contributed by atoms with Crippen molar-refractivity contribution >= 4 is 16.6 Å². The fourth-order valence-electron chi connectivity index (χ4n) is 4.51. The fraction of sp³-hybridized carbons (Fsp3) is 0.619. The molecule has 4 heteroatoms. The molecule has 3 atom stereocenters. The SMILES string of the molecule is C=C[C@H]1[C@H](O[Si](C)(C)C)C[C@@H](c2ccccc2)O[Si]1(C(C)C)C(C)C. The highest BCUT2D eigenvalue weighted by molar-refractivity contribution is 6.78. The summed E-state index contributed by atoms with van der Waals surface area (Å²) in [5.74, 6) is 0. The van der Waals surface area contributed by atoms with Crippen molar-refractivity contribution in [2.75, 3.05) is 0 Å². The van der Waals surface area contributed by atoms with Crippen molar-refractivity contribution in [3.05, 3.63) is 48.6 Å². The molecule has 2 nitrogen and oxygen atoms in total. The van der Waals surface area contributed by atoms with Gasteiger partial charge in [-0.3, -0.25) is 0 Å². The van der Waals surface area contributed by atoms with Crippen LogP contribution in [0.25, 0.3) is 0 Å². The molecular formula is C21H36O2Si2. The minimum absolute atomic E-state index is 0.134. The molecule has 1 aliphatic rings. The van der Waals surface area contributed by atoms with Crippen molar-refractivity contribution in [1.82, 2.24) is 0 Å². The summed E-state index contributed by atoms with van der Waals surface area (Å²) in [7, 11) is -3.74. The average molecular weight is 377 g/mol. The van der Waals surface area contributed by atoms with Gasteiger partial charge in [0.1, 0.15) is 0 Å². The molecule has 1 saturated heterocycles. The Morgan fingerprint density at radius 1 is 1.12 bits per heavy atom. The van der Waals surface area contributed by atoms with Gasteiger partial charge in [0.25, 0.3) is 0 Å². The molecule has 1 aromatic carbocycles. The van der Waals surface area contributed by atoms with Gasteiger partial charge in [-0.2, -0.15) is 0 Å². The highest BCUT2D eigenvalue weighted by atomic mass is 28.4. The van der Waals surface area contributed by atoms with E-state index in [1.165, 1.54) is 5.56 Å². The van der Waals surface area contributed by atoms with Crippen molar-refractivity contribution in [3.8, 4) is 0 Å². The molecule has 0 N–H and O–H groups in total. The Kier molecular flexibility index (Phi) is 6.52. The number of hydrogen-bond acceptors (Lipinski definition) is 2. The quantitative estimate of drug-likeness (QED) is 0.407. The zero-order valence-electron chi connectivity index (χ0n) is 17.1. The lowest BCUT2D eigenvalue weighted by atomic mass is 10.0. The molecule has 0 aromatic heterocycles. The molecule has 1 fully saturated rings. The first-order chi connectivity index (χ1) is 11.6. The molecule has 25 heavy (non-hydrogen) atoms. The van der Waals surface area contributed by atoms with Gasteiger partial charge in [-0.25, -0.2) is 0 Å². The molecule has 1 heterocycles. The minimum atomic E-state index is -2.10. The normalized spacial score (nSPS) is 26.8. The third kappa shape index (κ3) is 4.36. The van der Waals surface area contributed by atoms with Crippen LogP contribution in [0.4, 0.5) is 0 Å². The standard InChI is InChI=1S/C21H36O2Si2/c1-9-21-20(22-24(6,7)8)15-19(18-13-11-10-12-14-18)23-25(21,16(2)3)17(4)5/h9-14,16-17,19-21H,1,15H2,2-8H3/t19-,20+,21-/m0/s1. The highest BCUT2D eigenvalue weighted by Crippen LogP contribution is 2.53. The van der Waals surface area contributed by atoms with Gasteiger partial charge < -0.3 is 8.85 Å². The smallest absolute Gasteiger partial charge is 0.207 e. The molecule has 0 spiro atoms. The second-order valence-electron chi connectivity index (χ2n) is 8.95. The van der Waals surface area contributed by atoms with E-state index in [9.17, 15) is 0 Å². The first-order valence-corrected chi connectivity index (χ1v) is 15.2. The van der Waals surface area contributed by atoms with E-state index in [0.29, 0.717) is 16.6 Å². The Bertz CT molecular complexity index is 555. The zero-order chi connectivity index (χ0) is 18.8. The monoisotopic (exact) mass is 376 g/mol. The Morgan fingerprint density at radius 3 is 2.12 bits per heavy atom. The van der Waals surface area contributed by atoms with Gasteiger partial charge in [-0.15, -0.1) is 6.58 Å². The third-order valence-corrected chi connectivity index (χ3v) is 12.4. The molecule has 0 radical (unpaired) electrons. The van der Waals surface area contributed by atoms with Crippen molar-refractivity contribution < 1.29 is 8.85 Å². The molecule has 0 bridgehead atoms. The van der Waals surface area contributed by atoms with Crippen LogP contribution in [0.2, 0.25) is 36.3 Å². The third-order valence-electron chi connectivity index (χ3n) is 5.45. The number of hydrogen-bond donors (Lipinski definition) is 0. The van der Waals surface area contributed by atoms with Gasteiger partial charge in [0.15, 0.2) is 8.32 Å². The molecule has 2 rings (SSSR count). The van der Waals surface area contributed by atoms with Crippen LogP contribution in [0.15, 0.2) is 43.0 Å². The van der Waals surface area contributed by atoms with Gasteiger partial charge in [-0.05, 0) is 36.3 Å². The van der Waals surface area contributed by atoms with Crippen molar-refractivity contribution in [2.45, 2.75) is 82.6 Å². The summed E-state index contributed by atoms with van der Waals surface area (Å²) in [6.45, 7) is 20.4. The fourth-order valence-corrected chi connectivity index (χ4v) is 11.3. The summed E-state index contributed by atoms with van der Waals surface area (Å²) in [4.78, 5) is 0. The highest BCUT2D eigenvalue weighted by Gasteiger charge is 2.56. The van der Waals surface area contributed by atoms with Crippen LogP contribution >= 0.6 is 0 Å². The van der Waals surface area contributed by atoms with E-state index < -0.39 is 16.6 Å². The van der Waals surface area contributed by atoms with Crippen LogP contribution in [-0.4, -0.2) is 22.7 Å². The van der Waals surface area contributed by atoms with Crippen molar-refractivity contribution in [1.29, 1.82) is 0 Å². The van der Waals surface area contributed by atoms with Crippen LogP contribution in [0.3, 0.4) is 0 Å². The molecule has 0 amide bonds. The van der Waals surface area contributed by atoms with E-state index in [2.05, 4.69) is 90.3 Å². The summed E-state index contributed by atoms with van der Waals surface area (Å²) in [6, 6.07) is 10.7. The molecule has 140 valence electrons. The lowest BCUT2D eigenvalue weighted by Gasteiger charge is -2.53. The van der Waals surface area contributed by atoms with E-state index >= 15 is 0 Å². The van der Waals surface area contributed by atoms with Crippen LogP contribution in [0.5, 0.6) is 0 Å². The lowest BCUT2D eigenvalue weighted by molar-refractivity contribution is 0.0556. The zero-order valence-corrected chi connectivity index (χ0v) is 19.1. The van der Waals surface area contributed by atoms with Crippen LogP contribution in [-0.2, 0) is 8.85 Å². The van der Waals surface area contributed by atoms with Crippen LogP contribution in [0.1, 0.15) is 45.8 Å². The average Bonchev–Trinajstić information content (AvgIpc) is 2.52. The Hall–Kier alpha value is -0.686. The summed E-state index contributed by atoms with van der Waals surface area (Å²) in [6.07, 6.45) is 3.44. The maximum absolute atomic E-state index is 7.03. The van der Waals surface area contributed by atoms with E-state index in [0.717, 1.165) is 6.42 Å². The second-order valence-corrected chi connectivity index (χ2v) is 18.3. The maximum atomic E-state index is 7.03. The Morgan fingerprint density at radius 2 is 1.68 bits per heavy atom. The molecule has 0 aliphatic carbocycles.